The molecule has 2 N–H and O–H groups in total. The number of halogens is 1. The molecule has 6 nitrogen and oxygen atoms in total. The Morgan fingerprint density at radius 3 is 2.42 bits per heavy atom. The molecule has 0 aliphatic heterocycles. The summed E-state index contributed by atoms with van der Waals surface area (Å²) < 4.78 is 32.8. The number of anilines is 1. The smallest absolute Gasteiger partial charge is 0.255 e. The number of sulfonamides is 1. The van der Waals surface area contributed by atoms with E-state index in [1.807, 2.05) is 19.1 Å². The lowest BCUT2D eigenvalue weighted by Crippen LogP contribution is -2.35. The van der Waals surface area contributed by atoms with Crippen molar-refractivity contribution >= 4 is 37.5 Å². The maximum atomic E-state index is 12.4. The van der Waals surface area contributed by atoms with Crippen LogP contribution < -0.4 is 10.0 Å². The molecule has 0 fully saturated rings. The van der Waals surface area contributed by atoms with Crippen LogP contribution in [-0.4, -0.2) is 34.1 Å². The van der Waals surface area contributed by atoms with E-state index in [-0.39, 0.29) is 23.5 Å². The van der Waals surface area contributed by atoms with Crippen molar-refractivity contribution in [3.05, 3.63) is 58.1 Å². The highest BCUT2D eigenvalue weighted by Crippen LogP contribution is 2.24. The van der Waals surface area contributed by atoms with Crippen molar-refractivity contribution in [2.24, 2.45) is 0 Å². The minimum atomic E-state index is -3.66. The third-order valence-electron chi connectivity index (χ3n) is 3.57. The highest BCUT2D eigenvalue weighted by molar-refractivity contribution is 9.10. The first-order valence-electron chi connectivity index (χ1n) is 7.92. The third-order valence-corrected chi connectivity index (χ3v) is 5.83. The first-order chi connectivity index (χ1) is 12.2. The van der Waals surface area contributed by atoms with E-state index in [2.05, 4.69) is 26.0 Å². The van der Waals surface area contributed by atoms with Crippen LogP contribution in [0.5, 0.6) is 0 Å². The summed E-state index contributed by atoms with van der Waals surface area (Å²) in [5, 5.41) is 2.79. The molecule has 0 aliphatic rings. The highest BCUT2D eigenvalue weighted by atomic mass is 79.9. The molecule has 0 aromatic heterocycles. The number of carbonyl (C=O) groups excluding carboxylic acids is 1. The van der Waals surface area contributed by atoms with Gasteiger partial charge < -0.3 is 10.1 Å². The molecule has 8 heteroatoms. The van der Waals surface area contributed by atoms with Crippen LogP contribution in [0.2, 0.25) is 0 Å². The fraction of sp³-hybridized carbons (Fsp3) is 0.278. The lowest BCUT2D eigenvalue weighted by atomic mass is 10.2. The van der Waals surface area contributed by atoms with Crippen LogP contribution in [0.25, 0.3) is 0 Å². The van der Waals surface area contributed by atoms with Crippen LogP contribution in [-0.2, 0) is 14.8 Å². The van der Waals surface area contributed by atoms with Crippen LogP contribution in [0.15, 0.2) is 51.8 Å². The average molecular weight is 441 g/mol. The quantitative estimate of drug-likeness (QED) is 0.691. The Bertz CT molecular complexity index is 883. The topological polar surface area (TPSA) is 84.5 Å². The zero-order valence-corrected chi connectivity index (χ0v) is 17.1. The normalized spacial score (nSPS) is 12.6. The molecule has 26 heavy (non-hydrogen) atoms. The van der Waals surface area contributed by atoms with Crippen LogP contribution in [0.4, 0.5) is 5.69 Å². The van der Waals surface area contributed by atoms with Gasteiger partial charge in [-0.05, 0) is 71.7 Å². The second kappa shape index (κ2) is 8.77. The van der Waals surface area contributed by atoms with E-state index in [1.54, 1.807) is 13.0 Å². The van der Waals surface area contributed by atoms with Crippen molar-refractivity contribution < 1.29 is 17.9 Å². The minimum absolute atomic E-state index is 0.0912. The van der Waals surface area contributed by atoms with Gasteiger partial charge in [0.25, 0.3) is 5.91 Å². The first kappa shape index (κ1) is 20.6. The number of rotatable bonds is 7. The standard InChI is InChI=1S/C18H21BrN2O4S/c1-12-4-9-17(16(19)10-12)20-18(22)14-5-7-15(8-6-14)26(23,24)21-13(2)11-25-3/h4-10,13,21H,11H2,1-3H3,(H,20,22)/t13-/m0/s1. The Hall–Kier alpha value is -1.74. The molecular formula is C18H21BrN2O4S. The van der Waals surface area contributed by atoms with Crippen molar-refractivity contribution in [2.45, 2.75) is 24.8 Å². The van der Waals surface area contributed by atoms with Gasteiger partial charge in [0.15, 0.2) is 0 Å². The molecule has 0 bridgehead atoms. The maximum Gasteiger partial charge on any atom is 0.255 e. The number of methoxy groups -OCH3 is 1. The Balaban J connectivity index is 2.12. The summed E-state index contributed by atoms with van der Waals surface area (Å²) >= 11 is 3.41. The molecule has 0 spiro atoms. The lowest BCUT2D eigenvalue weighted by molar-refractivity contribution is 0.102. The van der Waals surface area contributed by atoms with Gasteiger partial charge in [0.1, 0.15) is 0 Å². The Morgan fingerprint density at radius 2 is 1.85 bits per heavy atom. The average Bonchev–Trinajstić information content (AvgIpc) is 2.57. The van der Waals surface area contributed by atoms with Crippen LogP contribution in [0.3, 0.4) is 0 Å². The fourth-order valence-electron chi connectivity index (χ4n) is 2.32. The summed E-state index contributed by atoms with van der Waals surface area (Å²) in [5.41, 5.74) is 2.08. The second-order valence-electron chi connectivity index (χ2n) is 5.94. The minimum Gasteiger partial charge on any atom is -0.383 e. The van der Waals surface area contributed by atoms with E-state index < -0.39 is 10.0 Å². The summed E-state index contributed by atoms with van der Waals surface area (Å²) in [6.45, 7) is 3.94. The van der Waals surface area contributed by atoms with Gasteiger partial charge in [-0.25, -0.2) is 13.1 Å². The van der Waals surface area contributed by atoms with E-state index in [9.17, 15) is 13.2 Å². The van der Waals surface area contributed by atoms with Gasteiger partial charge in [-0.1, -0.05) is 6.07 Å². The van der Waals surface area contributed by atoms with Gasteiger partial charge >= 0.3 is 0 Å². The second-order valence-corrected chi connectivity index (χ2v) is 8.51. The molecule has 1 amide bonds. The van der Waals surface area contributed by atoms with Crippen molar-refractivity contribution in [1.29, 1.82) is 0 Å². The number of ether oxygens (including phenoxy) is 1. The molecule has 0 aliphatic carbocycles. The summed E-state index contributed by atoms with van der Waals surface area (Å²) in [5.74, 6) is -0.320. The molecule has 2 rings (SSSR count). The van der Waals surface area contributed by atoms with Crippen molar-refractivity contribution in [3.8, 4) is 0 Å². The van der Waals surface area contributed by atoms with E-state index in [0.29, 0.717) is 11.3 Å². The van der Waals surface area contributed by atoms with Crippen molar-refractivity contribution in [1.82, 2.24) is 4.72 Å². The lowest BCUT2D eigenvalue weighted by Gasteiger charge is -2.13. The Labute approximate surface area is 162 Å². The van der Waals surface area contributed by atoms with Gasteiger partial charge in [0, 0.05) is 23.2 Å². The summed E-state index contributed by atoms with van der Waals surface area (Å²) in [4.78, 5) is 12.5. The maximum absolute atomic E-state index is 12.4. The highest BCUT2D eigenvalue weighted by Gasteiger charge is 2.18. The SMILES string of the molecule is COC[C@H](C)NS(=O)(=O)c1ccc(C(=O)Nc2ccc(C)cc2Br)cc1. The van der Waals surface area contributed by atoms with Gasteiger partial charge in [-0.3, -0.25) is 4.79 Å². The molecule has 2 aromatic carbocycles. The molecule has 0 saturated carbocycles. The van der Waals surface area contributed by atoms with Crippen molar-refractivity contribution in [3.63, 3.8) is 0 Å². The van der Waals surface area contributed by atoms with E-state index >= 15 is 0 Å². The predicted octanol–water partition coefficient (Wildman–Crippen LogP) is 3.32. The Kier molecular flexibility index (Phi) is 6.94. The monoisotopic (exact) mass is 440 g/mol. The molecule has 1 atom stereocenters. The fourth-order valence-corrected chi connectivity index (χ4v) is 4.14. The summed E-state index contributed by atoms with van der Waals surface area (Å²) in [6.07, 6.45) is 0. The molecule has 0 unspecified atom stereocenters. The Morgan fingerprint density at radius 1 is 1.19 bits per heavy atom. The van der Waals surface area contributed by atoms with Crippen molar-refractivity contribution in [2.75, 3.05) is 19.0 Å². The van der Waals surface area contributed by atoms with E-state index in [1.165, 1.54) is 31.4 Å². The van der Waals surface area contributed by atoms with E-state index in [4.69, 9.17) is 4.74 Å². The number of amides is 1. The summed E-state index contributed by atoms with van der Waals surface area (Å²) in [7, 11) is -2.16. The molecule has 2 aromatic rings. The molecule has 140 valence electrons. The van der Waals surface area contributed by atoms with Gasteiger partial charge in [-0.2, -0.15) is 0 Å². The number of hydrogen-bond donors (Lipinski definition) is 2. The zero-order valence-electron chi connectivity index (χ0n) is 14.7. The molecule has 0 heterocycles. The number of benzene rings is 2. The summed E-state index contributed by atoms with van der Waals surface area (Å²) in [6, 6.07) is 11.0. The van der Waals surface area contributed by atoms with Gasteiger partial charge in [-0.15, -0.1) is 0 Å². The largest absolute Gasteiger partial charge is 0.383 e. The van der Waals surface area contributed by atoms with E-state index in [0.717, 1.165) is 10.0 Å². The molecule has 0 radical (unpaired) electrons. The number of carbonyl (C=O) groups is 1. The molecule has 0 saturated heterocycles. The van der Waals surface area contributed by atoms with Crippen LogP contribution in [0, 0.1) is 6.92 Å². The predicted molar refractivity (Wildman–Crippen MR) is 105 cm³/mol. The number of hydrogen-bond acceptors (Lipinski definition) is 4. The number of aryl methyl sites for hydroxylation is 1. The van der Waals surface area contributed by atoms with Gasteiger partial charge in [0.05, 0.1) is 17.2 Å². The van der Waals surface area contributed by atoms with Gasteiger partial charge in [0.2, 0.25) is 10.0 Å². The van der Waals surface area contributed by atoms with Crippen LogP contribution >= 0.6 is 15.9 Å². The first-order valence-corrected chi connectivity index (χ1v) is 10.2. The molecular weight excluding hydrogens is 420 g/mol. The van der Waals surface area contributed by atoms with Crippen LogP contribution in [0.1, 0.15) is 22.8 Å². The zero-order chi connectivity index (χ0) is 19.3. The third kappa shape index (κ3) is 5.38. The number of nitrogens with one attached hydrogen (secondary N) is 2.